The lowest BCUT2D eigenvalue weighted by atomic mass is 10.1. The van der Waals surface area contributed by atoms with E-state index in [0.29, 0.717) is 0 Å². The SMILES string of the molecule is CC1OC2[C@@H](COP(=O)([O-])OP(=O)([O-])OP(=O)([O-])OC[C@H]3O[C@@H](C)C(O)C3O)O[C@@H](C)[C@H]2O1. The maximum absolute atomic E-state index is 11.9. The third kappa shape index (κ3) is 7.11. The molecule has 0 radical (unpaired) electrons. The minimum absolute atomic E-state index is 0.454. The Morgan fingerprint density at radius 3 is 1.70 bits per heavy atom. The molecule has 0 aliphatic carbocycles. The van der Waals surface area contributed by atoms with E-state index in [2.05, 4.69) is 17.7 Å². The van der Waals surface area contributed by atoms with Crippen LogP contribution in [0.15, 0.2) is 0 Å². The Morgan fingerprint density at radius 2 is 1.18 bits per heavy atom. The van der Waals surface area contributed by atoms with Crippen molar-refractivity contribution < 1.29 is 75.2 Å². The number of phosphoric ester groups is 2. The Kier molecular flexibility index (Phi) is 8.64. The summed E-state index contributed by atoms with van der Waals surface area (Å²) in [5.74, 6) is 0. The molecule has 12 atom stereocenters. The highest BCUT2D eigenvalue weighted by molar-refractivity contribution is 7.65. The van der Waals surface area contributed by atoms with Gasteiger partial charge in [0.1, 0.15) is 36.6 Å². The molecule has 3 saturated heterocycles. The van der Waals surface area contributed by atoms with E-state index in [1.807, 2.05) is 0 Å². The van der Waals surface area contributed by atoms with Crippen LogP contribution >= 0.6 is 23.5 Å². The third-order valence-corrected chi connectivity index (χ3v) is 9.17. The average Bonchev–Trinajstić information content (AvgIpc) is 3.26. The van der Waals surface area contributed by atoms with Gasteiger partial charge in [0.05, 0.1) is 25.4 Å². The Hall–Kier alpha value is 0.170. The lowest BCUT2D eigenvalue weighted by Crippen LogP contribution is -2.34. The molecule has 33 heavy (non-hydrogen) atoms. The molecule has 3 fully saturated rings. The van der Waals surface area contributed by atoms with Crippen LogP contribution < -0.4 is 14.7 Å². The number of ether oxygens (including phenoxy) is 4. The summed E-state index contributed by atoms with van der Waals surface area (Å²) in [6.45, 7) is 3.06. The molecule has 0 aromatic rings. The first-order chi connectivity index (χ1) is 15.1. The molecule has 0 aromatic heterocycles. The van der Waals surface area contributed by atoms with Crippen molar-refractivity contribution in [1.29, 1.82) is 0 Å². The molecule has 16 nitrogen and oxygen atoms in total. The molecule has 2 N–H and O–H groups in total. The van der Waals surface area contributed by atoms with Gasteiger partial charge < -0.3 is 52.9 Å². The lowest BCUT2D eigenvalue weighted by molar-refractivity contribution is -0.252. The molecule has 194 valence electrons. The van der Waals surface area contributed by atoms with Crippen molar-refractivity contribution in [2.24, 2.45) is 0 Å². The molecule has 3 heterocycles. The zero-order valence-electron chi connectivity index (χ0n) is 17.6. The summed E-state index contributed by atoms with van der Waals surface area (Å²) in [6.07, 6.45) is -8.10. The first-order valence-electron chi connectivity index (χ1n) is 9.72. The van der Waals surface area contributed by atoms with Gasteiger partial charge in [0.15, 0.2) is 6.29 Å². The quantitative estimate of drug-likeness (QED) is 0.281. The van der Waals surface area contributed by atoms with Gasteiger partial charge >= 0.3 is 0 Å². The molecular formula is C14H24O16P3-3. The third-order valence-electron chi connectivity index (χ3n) is 5.03. The fourth-order valence-corrected chi connectivity index (χ4v) is 6.96. The fourth-order valence-electron chi connectivity index (χ4n) is 3.58. The van der Waals surface area contributed by atoms with Crippen molar-refractivity contribution in [3.8, 4) is 0 Å². The highest BCUT2D eigenvalue weighted by Gasteiger charge is 2.50. The van der Waals surface area contributed by atoms with E-state index in [-0.39, 0.29) is 0 Å². The van der Waals surface area contributed by atoms with Crippen LogP contribution in [-0.4, -0.2) is 78.5 Å². The predicted octanol–water partition coefficient (Wildman–Crippen LogP) is -2.12. The van der Waals surface area contributed by atoms with Crippen LogP contribution in [0.3, 0.4) is 0 Å². The zero-order chi connectivity index (χ0) is 24.8. The molecule has 3 aliphatic heterocycles. The smallest absolute Gasteiger partial charge is 0.280 e. The minimum atomic E-state index is -6.04. The number of hydrogen-bond acceptors (Lipinski definition) is 16. The zero-order valence-corrected chi connectivity index (χ0v) is 20.2. The standard InChI is InChI=1S/C14H27O16P3/c1-6-11(15)12(16)9(25-6)4-23-31(17,18)29-33(21,22)30-32(19,20)24-5-10-14-13(7(2)26-10)27-8(3)28-14/h6-16H,4-5H2,1-3H3,(H,17,18)(H,19,20)(H,21,22)/p-3/t6-,7-,8?,9+,10+,11?,12?,13+,14?/m0/s1. The van der Waals surface area contributed by atoms with E-state index in [0.717, 1.165) is 0 Å². The van der Waals surface area contributed by atoms with E-state index in [4.69, 9.17) is 18.9 Å². The lowest BCUT2D eigenvalue weighted by Gasteiger charge is -2.35. The van der Waals surface area contributed by atoms with Crippen molar-refractivity contribution in [2.75, 3.05) is 13.2 Å². The Labute approximate surface area is 188 Å². The van der Waals surface area contributed by atoms with Gasteiger partial charge in [-0.1, -0.05) is 0 Å². The van der Waals surface area contributed by atoms with E-state index in [9.17, 15) is 38.6 Å². The molecule has 19 heteroatoms. The molecule has 0 amide bonds. The fraction of sp³-hybridized carbons (Fsp3) is 1.00. The van der Waals surface area contributed by atoms with Gasteiger partial charge in [0, 0.05) is 0 Å². The van der Waals surface area contributed by atoms with Gasteiger partial charge in [-0.3, -0.25) is 13.7 Å². The van der Waals surface area contributed by atoms with Crippen LogP contribution in [0.25, 0.3) is 0 Å². The van der Waals surface area contributed by atoms with Crippen molar-refractivity contribution in [1.82, 2.24) is 0 Å². The van der Waals surface area contributed by atoms with Crippen molar-refractivity contribution in [3.63, 3.8) is 0 Å². The second-order valence-corrected chi connectivity index (χ2v) is 12.1. The van der Waals surface area contributed by atoms with E-state index in [1.54, 1.807) is 13.8 Å². The van der Waals surface area contributed by atoms with Gasteiger partial charge in [-0.2, -0.15) is 0 Å². The molecular weight excluding hydrogens is 517 g/mol. The topological polar surface area (TPSA) is 235 Å². The van der Waals surface area contributed by atoms with E-state index in [1.165, 1.54) is 6.92 Å². The summed E-state index contributed by atoms with van der Waals surface area (Å²) < 4.78 is 73.1. The maximum Gasteiger partial charge on any atom is 0.280 e. The highest BCUT2D eigenvalue weighted by atomic mass is 31.3. The summed E-state index contributed by atoms with van der Waals surface area (Å²) in [6, 6.07) is 0. The number of aliphatic hydroxyl groups is 2. The van der Waals surface area contributed by atoms with Crippen molar-refractivity contribution in [2.45, 2.75) is 75.9 Å². The van der Waals surface area contributed by atoms with Gasteiger partial charge in [-0.15, -0.1) is 0 Å². The monoisotopic (exact) mass is 541 g/mol. The molecule has 7 unspecified atom stereocenters. The molecule has 3 rings (SSSR count). The number of rotatable bonds is 10. The summed E-state index contributed by atoms with van der Waals surface area (Å²) in [7, 11) is -17.4. The summed E-state index contributed by atoms with van der Waals surface area (Å²) in [5, 5.41) is 19.3. The Morgan fingerprint density at radius 1 is 0.697 bits per heavy atom. The van der Waals surface area contributed by atoms with Gasteiger partial charge in [0.2, 0.25) is 0 Å². The summed E-state index contributed by atoms with van der Waals surface area (Å²) >= 11 is 0. The predicted molar refractivity (Wildman–Crippen MR) is 96.8 cm³/mol. The van der Waals surface area contributed by atoms with Crippen LogP contribution in [0.2, 0.25) is 0 Å². The minimum Gasteiger partial charge on any atom is -0.756 e. The maximum atomic E-state index is 11.9. The van der Waals surface area contributed by atoms with E-state index < -0.39 is 91.8 Å². The first-order valence-corrected chi connectivity index (χ1v) is 14.1. The number of fused-ring (bicyclic) bond motifs is 1. The average molecular weight is 541 g/mol. The molecule has 0 spiro atoms. The summed E-state index contributed by atoms with van der Waals surface area (Å²) in [5.41, 5.74) is 0. The second kappa shape index (κ2) is 10.3. The van der Waals surface area contributed by atoms with Gasteiger partial charge in [-0.25, -0.2) is 8.62 Å². The van der Waals surface area contributed by atoms with Crippen LogP contribution in [0.4, 0.5) is 0 Å². The van der Waals surface area contributed by atoms with Crippen LogP contribution in [0.5, 0.6) is 0 Å². The van der Waals surface area contributed by atoms with Gasteiger partial charge in [-0.05, 0) is 20.8 Å². The normalized spacial score (nSPS) is 44.2. The number of aliphatic hydroxyl groups excluding tert-OH is 2. The number of hydrogen-bond donors (Lipinski definition) is 2. The van der Waals surface area contributed by atoms with Crippen LogP contribution in [0.1, 0.15) is 20.8 Å². The van der Waals surface area contributed by atoms with Crippen LogP contribution in [-0.2, 0) is 50.3 Å². The second-order valence-electron chi connectivity index (χ2n) is 7.61. The summed E-state index contributed by atoms with van der Waals surface area (Å²) in [4.78, 5) is 35.4. The molecule has 0 bridgehead atoms. The molecule has 3 aliphatic rings. The first kappa shape index (κ1) is 27.8. The largest absolute Gasteiger partial charge is 0.756 e. The van der Waals surface area contributed by atoms with Crippen LogP contribution in [0, 0.1) is 0 Å². The van der Waals surface area contributed by atoms with Crippen molar-refractivity contribution in [3.05, 3.63) is 0 Å². The van der Waals surface area contributed by atoms with Gasteiger partial charge in [0.25, 0.3) is 23.5 Å². The van der Waals surface area contributed by atoms with E-state index >= 15 is 0 Å². The van der Waals surface area contributed by atoms with Crippen molar-refractivity contribution >= 4 is 23.5 Å². The number of phosphoric acid groups is 3. The molecule has 0 aromatic carbocycles. The Bertz CT molecular complexity index is 839. The Balaban J connectivity index is 1.49. The molecule has 0 saturated carbocycles. The highest BCUT2D eigenvalue weighted by Crippen LogP contribution is 2.63.